The smallest absolute Gasteiger partial charge is 0.348 e. The molecule has 1 N–H and O–H groups in total. The molecule has 1 aromatic rings. The number of hydrogen-bond acceptors (Lipinski definition) is 2. The number of nitrogens with zero attached hydrogens (tertiary/aromatic N) is 1. The molecule has 0 aliphatic carbocycles. The highest BCUT2D eigenvalue weighted by Crippen LogP contribution is 2.26. The number of rotatable bonds is 1. The summed E-state index contributed by atoms with van der Waals surface area (Å²) in [7, 11) is 0. The number of anilines is 1. The quantitative estimate of drug-likeness (QED) is 0.782. The highest BCUT2D eigenvalue weighted by Gasteiger charge is 2.34. The third kappa shape index (κ3) is 3.03. The largest absolute Gasteiger partial charge is 0.391 e. The Labute approximate surface area is 102 Å². The van der Waals surface area contributed by atoms with Gasteiger partial charge in [0.05, 0.1) is 6.42 Å². The Bertz CT molecular complexity index is 468. The molecule has 1 unspecified atom stereocenters. The lowest BCUT2D eigenvalue weighted by atomic mass is 10.2. The molecule has 1 aliphatic heterocycles. The minimum Gasteiger partial charge on any atom is -0.348 e. The van der Waals surface area contributed by atoms with E-state index in [4.69, 9.17) is 12.2 Å². The van der Waals surface area contributed by atoms with Crippen LogP contribution in [0.2, 0.25) is 0 Å². The Kier molecular flexibility index (Phi) is 3.15. The first-order valence-electron chi connectivity index (χ1n) is 4.95. The van der Waals surface area contributed by atoms with Crippen molar-refractivity contribution in [3.05, 3.63) is 29.8 Å². The Morgan fingerprint density at radius 2 is 2.00 bits per heavy atom. The zero-order valence-electron chi connectivity index (χ0n) is 8.66. The van der Waals surface area contributed by atoms with Crippen molar-refractivity contribution in [2.45, 2.75) is 18.6 Å². The predicted octanol–water partition coefficient (Wildman–Crippen LogP) is 3.18. The number of benzodiazepines with no additional fused rings is 1. The van der Waals surface area contributed by atoms with Gasteiger partial charge in [-0.2, -0.15) is 13.2 Å². The molecule has 0 saturated carbocycles. The molecule has 0 amide bonds. The molecule has 0 radical (unpaired) electrons. The number of aliphatic imine (C=N–C) groups is 1. The zero-order chi connectivity index (χ0) is 12.5. The van der Waals surface area contributed by atoms with Crippen molar-refractivity contribution in [2.75, 3.05) is 5.32 Å². The molecule has 0 bridgehead atoms. The van der Waals surface area contributed by atoms with Crippen LogP contribution in [-0.4, -0.2) is 23.4 Å². The molecule has 1 heterocycles. The van der Waals surface area contributed by atoms with E-state index in [-0.39, 0.29) is 4.99 Å². The summed E-state index contributed by atoms with van der Waals surface area (Å²) in [5.41, 5.74) is 1.42. The van der Waals surface area contributed by atoms with Crippen LogP contribution in [0.15, 0.2) is 29.3 Å². The van der Waals surface area contributed by atoms with Crippen LogP contribution in [0, 0.1) is 0 Å². The van der Waals surface area contributed by atoms with E-state index in [1.165, 1.54) is 6.21 Å². The standard InChI is InChI=1S/C11H9F3N2S/c12-11(13,14)5-9-10(17)16-8-4-2-1-3-7(8)6-15-9/h1-4,6,9H,5H2,(H,16,17). The second kappa shape index (κ2) is 4.44. The molecule has 1 aliphatic rings. The second-order valence-electron chi connectivity index (χ2n) is 3.69. The zero-order valence-corrected chi connectivity index (χ0v) is 9.48. The van der Waals surface area contributed by atoms with Gasteiger partial charge in [0.1, 0.15) is 11.0 Å². The third-order valence-electron chi connectivity index (χ3n) is 2.34. The van der Waals surface area contributed by atoms with Crippen molar-refractivity contribution in [3.8, 4) is 0 Å². The number of hydrogen-bond donors (Lipinski definition) is 1. The molecule has 0 fully saturated rings. The van der Waals surface area contributed by atoms with E-state index < -0.39 is 18.6 Å². The van der Waals surface area contributed by atoms with E-state index in [9.17, 15) is 13.2 Å². The topological polar surface area (TPSA) is 24.4 Å². The SMILES string of the molecule is FC(F)(F)CC1N=Cc2ccccc2NC1=S. The third-order valence-corrected chi connectivity index (χ3v) is 2.71. The molecule has 2 rings (SSSR count). The Balaban J connectivity index is 2.24. The van der Waals surface area contributed by atoms with Crippen molar-refractivity contribution in [2.24, 2.45) is 4.99 Å². The molecular weight excluding hydrogens is 249 g/mol. The monoisotopic (exact) mass is 258 g/mol. The van der Waals surface area contributed by atoms with Gasteiger partial charge in [0.15, 0.2) is 0 Å². The maximum atomic E-state index is 12.3. The number of benzene rings is 1. The number of fused-ring (bicyclic) bond motifs is 1. The predicted molar refractivity (Wildman–Crippen MR) is 64.7 cm³/mol. The summed E-state index contributed by atoms with van der Waals surface area (Å²) in [6.07, 6.45) is -3.88. The van der Waals surface area contributed by atoms with Crippen molar-refractivity contribution < 1.29 is 13.2 Å². The normalized spacial score (nSPS) is 19.5. The summed E-state index contributed by atoms with van der Waals surface area (Å²) in [6, 6.07) is 6.05. The lowest BCUT2D eigenvalue weighted by Crippen LogP contribution is -2.28. The highest BCUT2D eigenvalue weighted by atomic mass is 32.1. The van der Waals surface area contributed by atoms with Crippen molar-refractivity contribution in [1.29, 1.82) is 0 Å². The van der Waals surface area contributed by atoms with E-state index in [0.29, 0.717) is 5.69 Å². The number of alkyl halides is 3. The number of halogens is 3. The van der Waals surface area contributed by atoms with Gasteiger partial charge < -0.3 is 5.32 Å². The molecular formula is C11H9F3N2S. The van der Waals surface area contributed by atoms with Crippen LogP contribution < -0.4 is 5.32 Å². The van der Waals surface area contributed by atoms with Crippen LogP contribution >= 0.6 is 12.2 Å². The maximum absolute atomic E-state index is 12.3. The molecule has 2 nitrogen and oxygen atoms in total. The fraction of sp³-hybridized carbons (Fsp3) is 0.273. The van der Waals surface area contributed by atoms with Crippen LogP contribution in [0.5, 0.6) is 0 Å². The fourth-order valence-electron chi connectivity index (χ4n) is 1.54. The van der Waals surface area contributed by atoms with Gasteiger partial charge in [0, 0.05) is 17.5 Å². The average molecular weight is 258 g/mol. The maximum Gasteiger partial charge on any atom is 0.391 e. The summed E-state index contributed by atoms with van der Waals surface area (Å²) in [5, 5.41) is 2.80. The van der Waals surface area contributed by atoms with Gasteiger partial charge in [0.2, 0.25) is 0 Å². The Morgan fingerprint density at radius 1 is 1.29 bits per heavy atom. The van der Waals surface area contributed by atoms with Crippen molar-refractivity contribution in [1.82, 2.24) is 0 Å². The van der Waals surface area contributed by atoms with E-state index >= 15 is 0 Å². The van der Waals surface area contributed by atoms with Gasteiger partial charge in [-0.1, -0.05) is 30.4 Å². The first-order chi connectivity index (χ1) is 7.96. The van der Waals surface area contributed by atoms with E-state index in [0.717, 1.165) is 5.56 Å². The highest BCUT2D eigenvalue weighted by molar-refractivity contribution is 7.80. The van der Waals surface area contributed by atoms with Crippen LogP contribution in [0.1, 0.15) is 12.0 Å². The van der Waals surface area contributed by atoms with Gasteiger partial charge in [0.25, 0.3) is 0 Å². The van der Waals surface area contributed by atoms with Gasteiger partial charge in [-0.25, -0.2) is 0 Å². The van der Waals surface area contributed by atoms with E-state index in [2.05, 4.69) is 10.3 Å². The molecule has 90 valence electrons. The van der Waals surface area contributed by atoms with Crippen LogP contribution in [-0.2, 0) is 0 Å². The molecule has 6 heteroatoms. The summed E-state index contributed by atoms with van der Waals surface area (Å²) in [5.74, 6) is 0. The molecule has 0 saturated heterocycles. The van der Waals surface area contributed by atoms with Gasteiger partial charge in [-0.15, -0.1) is 0 Å². The molecule has 1 atom stereocenters. The average Bonchev–Trinajstić information content (AvgIpc) is 2.37. The summed E-state index contributed by atoms with van der Waals surface area (Å²) < 4.78 is 36.9. The Hall–Kier alpha value is -1.43. The van der Waals surface area contributed by atoms with Crippen LogP contribution in [0.25, 0.3) is 0 Å². The molecule has 17 heavy (non-hydrogen) atoms. The summed E-state index contributed by atoms with van der Waals surface area (Å²) in [6.45, 7) is 0. The Morgan fingerprint density at radius 3 is 2.71 bits per heavy atom. The lowest BCUT2D eigenvalue weighted by Gasteiger charge is -2.15. The van der Waals surface area contributed by atoms with Crippen molar-refractivity contribution >= 4 is 29.1 Å². The molecule has 1 aromatic carbocycles. The van der Waals surface area contributed by atoms with Crippen LogP contribution in [0.3, 0.4) is 0 Å². The van der Waals surface area contributed by atoms with Crippen LogP contribution in [0.4, 0.5) is 18.9 Å². The lowest BCUT2D eigenvalue weighted by molar-refractivity contribution is -0.134. The number of thiocarbonyl (C=S) groups is 1. The van der Waals surface area contributed by atoms with Gasteiger partial charge in [-0.3, -0.25) is 4.99 Å². The van der Waals surface area contributed by atoms with Gasteiger partial charge >= 0.3 is 6.18 Å². The number of nitrogens with one attached hydrogen (secondary N) is 1. The minimum atomic E-state index is -4.27. The first-order valence-corrected chi connectivity index (χ1v) is 5.36. The second-order valence-corrected chi connectivity index (χ2v) is 4.13. The van der Waals surface area contributed by atoms with Crippen molar-refractivity contribution in [3.63, 3.8) is 0 Å². The fourth-order valence-corrected chi connectivity index (χ4v) is 1.80. The van der Waals surface area contributed by atoms with Gasteiger partial charge in [-0.05, 0) is 6.07 Å². The molecule has 0 spiro atoms. The summed E-state index contributed by atoms with van der Waals surface area (Å²) >= 11 is 4.93. The number of para-hydroxylation sites is 1. The first kappa shape index (κ1) is 12.0. The molecule has 0 aromatic heterocycles. The van der Waals surface area contributed by atoms with E-state index in [1.54, 1.807) is 24.3 Å². The summed E-state index contributed by atoms with van der Waals surface area (Å²) in [4.78, 5) is 3.98. The minimum absolute atomic E-state index is 0.100. The van der Waals surface area contributed by atoms with E-state index in [1.807, 2.05) is 0 Å².